The molecule has 3 aromatic rings. The van der Waals surface area contributed by atoms with E-state index in [0.717, 1.165) is 61.9 Å². The third-order valence-corrected chi connectivity index (χ3v) is 5.85. The van der Waals surface area contributed by atoms with Crippen molar-refractivity contribution in [3.05, 3.63) is 77.6 Å². The molecule has 1 aromatic heterocycles. The van der Waals surface area contributed by atoms with Gasteiger partial charge in [0.1, 0.15) is 12.4 Å². The number of aliphatic imine (C=N–C) groups is 1. The van der Waals surface area contributed by atoms with Gasteiger partial charge in [0.2, 0.25) is 5.89 Å². The molecule has 1 fully saturated rings. The van der Waals surface area contributed by atoms with Crippen molar-refractivity contribution in [1.82, 2.24) is 20.5 Å². The first-order chi connectivity index (χ1) is 16.1. The third kappa shape index (κ3) is 7.53. The largest absolute Gasteiger partial charge is 0.439 e. The summed E-state index contributed by atoms with van der Waals surface area (Å²) in [6.45, 7) is 8.13. The molecule has 6 nitrogen and oxygen atoms in total. The van der Waals surface area contributed by atoms with Crippen molar-refractivity contribution >= 4 is 29.9 Å². The lowest BCUT2D eigenvalue weighted by Gasteiger charge is -2.33. The lowest BCUT2D eigenvalue weighted by molar-refractivity contribution is 0.198. The number of oxazole rings is 1. The summed E-state index contributed by atoms with van der Waals surface area (Å²) in [7, 11) is 0. The van der Waals surface area contributed by atoms with Crippen LogP contribution in [0.2, 0.25) is 0 Å². The topological polar surface area (TPSA) is 65.7 Å². The van der Waals surface area contributed by atoms with Crippen LogP contribution in [0.15, 0.2) is 64.1 Å². The van der Waals surface area contributed by atoms with Crippen molar-refractivity contribution in [2.75, 3.05) is 19.6 Å². The number of aryl methyl sites for hydroxylation is 1. The molecule has 2 heterocycles. The van der Waals surface area contributed by atoms with E-state index in [1.54, 1.807) is 6.20 Å². The SMILES string of the molecule is CCNC(=NCc1ncc(-c2ccc(C)cc2)o1)NC1CCN(Cc2ccc(F)cc2)CC1.I. The first kappa shape index (κ1) is 26.2. The van der Waals surface area contributed by atoms with Gasteiger partial charge in [0.15, 0.2) is 11.7 Å². The summed E-state index contributed by atoms with van der Waals surface area (Å²) in [5, 5.41) is 6.88. The normalized spacial score (nSPS) is 15.1. The zero-order valence-electron chi connectivity index (χ0n) is 19.8. The molecule has 34 heavy (non-hydrogen) atoms. The number of halogens is 2. The summed E-state index contributed by atoms with van der Waals surface area (Å²) in [6.07, 6.45) is 3.82. The van der Waals surface area contributed by atoms with Gasteiger partial charge in [-0.05, 0) is 44.4 Å². The van der Waals surface area contributed by atoms with E-state index in [-0.39, 0.29) is 29.8 Å². The molecule has 1 aliphatic heterocycles. The highest BCUT2D eigenvalue weighted by Gasteiger charge is 2.20. The molecule has 0 spiro atoms. The summed E-state index contributed by atoms with van der Waals surface area (Å²) < 4.78 is 19.0. The van der Waals surface area contributed by atoms with Gasteiger partial charge >= 0.3 is 0 Å². The highest BCUT2D eigenvalue weighted by Crippen LogP contribution is 2.21. The Morgan fingerprint density at radius 3 is 2.50 bits per heavy atom. The molecule has 1 saturated heterocycles. The van der Waals surface area contributed by atoms with Gasteiger partial charge in [0.05, 0.1) is 6.20 Å². The van der Waals surface area contributed by atoms with Crippen LogP contribution >= 0.6 is 24.0 Å². The Hall–Kier alpha value is -2.46. The minimum Gasteiger partial charge on any atom is -0.439 e. The Bertz CT molecular complexity index is 1040. The Morgan fingerprint density at radius 1 is 1.12 bits per heavy atom. The molecule has 1 aliphatic rings. The molecule has 0 radical (unpaired) electrons. The number of hydrogen-bond donors (Lipinski definition) is 2. The van der Waals surface area contributed by atoms with Gasteiger partial charge in [0, 0.05) is 37.8 Å². The molecule has 0 unspecified atom stereocenters. The lowest BCUT2D eigenvalue weighted by atomic mass is 10.0. The summed E-state index contributed by atoms with van der Waals surface area (Å²) in [5.74, 6) is 1.95. The first-order valence-corrected chi connectivity index (χ1v) is 11.6. The van der Waals surface area contributed by atoms with Gasteiger partial charge in [-0.25, -0.2) is 14.4 Å². The van der Waals surface area contributed by atoms with E-state index in [0.29, 0.717) is 18.5 Å². The fraction of sp³-hybridized carbons (Fsp3) is 0.385. The predicted molar refractivity (Wildman–Crippen MR) is 145 cm³/mol. The number of nitrogens with zero attached hydrogens (tertiary/aromatic N) is 3. The molecule has 0 saturated carbocycles. The summed E-state index contributed by atoms with van der Waals surface area (Å²) >= 11 is 0. The molecule has 4 rings (SSSR count). The lowest BCUT2D eigenvalue weighted by Crippen LogP contribution is -2.48. The average molecular weight is 577 g/mol. The highest BCUT2D eigenvalue weighted by atomic mass is 127. The summed E-state index contributed by atoms with van der Waals surface area (Å²) in [5.41, 5.74) is 3.38. The number of benzene rings is 2. The number of guanidine groups is 1. The zero-order chi connectivity index (χ0) is 23.0. The van der Waals surface area contributed by atoms with Gasteiger partial charge in [-0.1, -0.05) is 42.0 Å². The highest BCUT2D eigenvalue weighted by molar-refractivity contribution is 14.0. The third-order valence-electron chi connectivity index (χ3n) is 5.85. The Balaban J connectivity index is 0.00000324. The molecular weight excluding hydrogens is 544 g/mol. The smallest absolute Gasteiger partial charge is 0.216 e. The maximum Gasteiger partial charge on any atom is 0.216 e. The number of rotatable bonds is 7. The van der Waals surface area contributed by atoms with E-state index in [4.69, 9.17) is 4.42 Å². The maximum atomic E-state index is 13.1. The van der Waals surface area contributed by atoms with Crippen LogP contribution in [0, 0.1) is 12.7 Å². The Morgan fingerprint density at radius 2 is 1.82 bits per heavy atom. The molecule has 2 N–H and O–H groups in total. The van der Waals surface area contributed by atoms with Crippen molar-refractivity contribution in [1.29, 1.82) is 0 Å². The van der Waals surface area contributed by atoms with Gasteiger partial charge in [-0.15, -0.1) is 24.0 Å². The fourth-order valence-corrected chi connectivity index (χ4v) is 3.98. The van der Waals surface area contributed by atoms with Crippen LogP contribution in [-0.4, -0.2) is 41.5 Å². The fourth-order valence-electron chi connectivity index (χ4n) is 3.98. The number of hydrogen-bond acceptors (Lipinski definition) is 4. The van der Waals surface area contributed by atoms with Gasteiger partial charge in [0.25, 0.3) is 0 Å². The average Bonchev–Trinajstić information content (AvgIpc) is 3.30. The first-order valence-electron chi connectivity index (χ1n) is 11.6. The zero-order valence-corrected chi connectivity index (χ0v) is 22.1. The molecular formula is C26H33FIN5O. The molecule has 0 amide bonds. The molecule has 0 bridgehead atoms. The molecule has 8 heteroatoms. The second-order valence-electron chi connectivity index (χ2n) is 8.50. The second-order valence-corrected chi connectivity index (χ2v) is 8.50. The van der Waals surface area contributed by atoms with Crippen molar-refractivity contribution in [2.45, 2.75) is 45.8 Å². The van der Waals surface area contributed by atoms with Gasteiger partial charge in [-0.3, -0.25) is 4.90 Å². The molecule has 0 aliphatic carbocycles. The molecule has 2 aromatic carbocycles. The van der Waals surface area contributed by atoms with E-state index < -0.39 is 0 Å². The van der Waals surface area contributed by atoms with Crippen LogP contribution in [0.25, 0.3) is 11.3 Å². The second kappa shape index (κ2) is 12.9. The monoisotopic (exact) mass is 577 g/mol. The quantitative estimate of drug-likeness (QED) is 0.232. The minimum atomic E-state index is -0.187. The maximum absolute atomic E-state index is 13.1. The van der Waals surface area contributed by atoms with Crippen LogP contribution in [0.4, 0.5) is 4.39 Å². The van der Waals surface area contributed by atoms with E-state index in [1.165, 1.54) is 17.7 Å². The van der Waals surface area contributed by atoms with E-state index >= 15 is 0 Å². The van der Waals surface area contributed by atoms with Crippen LogP contribution in [0.3, 0.4) is 0 Å². The van der Waals surface area contributed by atoms with Crippen LogP contribution < -0.4 is 10.6 Å². The number of aromatic nitrogens is 1. The van der Waals surface area contributed by atoms with E-state index in [1.807, 2.05) is 24.3 Å². The Kier molecular flexibility index (Phi) is 9.88. The standard InChI is InChI=1S/C26H32FN5O.HI/c1-3-28-26(30-17-25-29-16-24(33-25)21-8-4-19(2)5-9-21)31-23-12-14-32(15-13-23)18-20-6-10-22(27)11-7-20;/h4-11,16,23H,3,12-15,17-18H2,1-2H3,(H2,28,30,31);1H. The molecule has 0 atom stereocenters. The van der Waals surface area contributed by atoms with Crippen molar-refractivity contribution in [3.63, 3.8) is 0 Å². The van der Waals surface area contributed by atoms with Gasteiger partial charge in [-0.2, -0.15) is 0 Å². The van der Waals surface area contributed by atoms with Gasteiger partial charge < -0.3 is 15.1 Å². The number of piperidine rings is 1. The number of nitrogens with one attached hydrogen (secondary N) is 2. The Labute approximate surface area is 218 Å². The summed E-state index contributed by atoms with van der Waals surface area (Å²) in [6, 6.07) is 15.3. The summed E-state index contributed by atoms with van der Waals surface area (Å²) in [4.78, 5) is 11.5. The van der Waals surface area contributed by atoms with E-state index in [2.05, 4.69) is 51.5 Å². The van der Waals surface area contributed by atoms with Crippen molar-refractivity contribution in [3.8, 4) is 11.3 Å². The van der Waals surface area contributed by atoms with Crippen molar-refractivity contribution in [2.24, 2.45) is 4.99 Å². The predicted octanol–water partition coefficient (Wildman–Crippen LogP) is 5.13. The molecule has 182 valence electrons. The van der Waals surface area contributed by atoms with Crippen LogP contribution in [0.5, 0.6) is 0 Å². The minimum absolute atomic E-state index is 0. The van der Waals surface area contributed by atoms with E-state index in [9.17, 15) is 4.39 Å². The number of likely N-dealkylation sites (tertiary alicyclic amines) is 1. The van der Waals surface area contributed by atoms with Crippen LogP contribution in [-0.2, 0) is 13.1 Å². The van der Waals surface area contributed by atoms with Crippen LogP contribution in [0.1, 0.15) is 36.8 Å². The van der Waals surface area contributed by atoms with Crippen molar-refractivity contribution < 1.29 is 8.81 Å².